The number of anilines is 2. The van der Waals surface area contributed by atoms with Crippen LogP contribution in [0, 0.1) is 6.08 Å². The smallest absolute Gasteiger partial charge is 0.385 e. The number of ether oxygens (including phenoxy) is 3. The molecule has 7 heterocycles. The number of phosphoric ester groups is 1. The Bertz CT molecular complexity index is 1880. The van der Waals surface area contributed by atoms with Crippen molar-refractivity contribution in [2.24, 2.45) is 0 Å². The summed E-state index contributed by atoms with van der Waals surface area (Å²) in [5, 5.41) is 11.1. The second-order valence-corrected chi connectivity index (χ2v) is 13.2. The number of aliphatic hydroxyl groups excluding tert-OH is 1. The molecule has 3 aliphatic heterocycles. The van der Waals surface area contributed by atoms with Gasteiger partial charge in [-0.3, -0.25) is 27.3 Å². The summed E-state index contributed by atoms with van der Waals surface area (Å²) in [5.74, 6) is -0.328. The second kappa shape index (κ2) is 10.9. The van der Waals surface area contributed by atoms with Gasteiger partial charge in [0.05, 0.1) is 19.3 Å². The van der Waals surface area contributed by atoms with Crippen molar-refractivity contribution in [3.05, 3.63) is 25.1 Å². The summed E-state index contributed by atoms with van der Waals surface area (Å²) in [6, 6.07) is 0. The highest BCUT2D eigenvalue weighted by atomic mass is 31.2. The summed E-state index contributed by atoms with van der Waals surface area (Å²) in [4.78, 5) is 43.9. The monoisotopic (exact) mass is 678 g/mol. The molecule has 0 spiro atoms. The van der Waals surface area contributed by atoms with Gasteiger partial charge in [-0.05, 0) is 0 Å². The summed E-state index contributed by atoms with van der Waals surface area (Å²) in [7, 11) is -10.00. The Kier molecular flexibility index (Phi) is 7.33. The lowest BCUT2D eigenvalue weighted by molar-refractivity contribution is -0.168. The van der Waals surface area contributed by atoms with Gasteiger partial charge < -0.3 is 40.6 Å². The molecule has 3 aliphatic rings. The van der Waals surface area contributed by atoms with Gasteiger partial charge in [0.1, 0.15) is 30.2 Å². The first-order valence-corrected chi connectivity index (χ1v) is 16.1. The molecule has 0 saturated carbocycles. The topological polar surface area (TPSA) is 289 Å². The predicted octanol–water partition coefficient (Wildman–Crippen LogP) is -0.519. The molecular weight excluding hydrogens is 656 g/mol. The van der Waals surface area contributed by atoms with Gasteiger partial charge in [0.15, 0.2) is 65.8 Å². The third-order valence-corrected chi connectivity index (χ3v) is 9.17. The SMILES string of the molecule is Nc1ncnc2c1ncn2[C@@H]1O[C@@H]2OCP(=O)(O)OC3C(F)[C@H](n4cnc5c(N)nc(F)nc54)O[C@@H]3COP(=O)(O)OC2C1O. The van der Waals surface area contributed by atoms with E-state index in [9.17, 15) is 28.4 Å². The van der Waals surface area contributed by atoms with Gasteiger partial charge in [-0.25, -0.2) is 28.9 Å². The molecule has 7 rings (SSSR count). The number of hydrogen-bond acceptors (Lipinski definition) is 17. The zero-order chi connectivity index (χ0) is 31.8. The number of halogens is 2. The lowest BCUT2D eigenvalue weighted by Gasteiger charge is -2.27. The molecule has 0 radical (unpaired) electrons. The number of rotatable bonds is 2. The van der Waals surface area contributed by atoms with Crippen LogP contribution in [0.2, 0.25) is 0 Å². The highest BCUT2D eigenvalue weighted by Crippen LogP contribution is 2.53. The Morgan fingerprint density at radius 1 is 0.911 bits per heavy atom. The van der Waals surface area contributed by atoms with E-state index >= 15 is 4.39 Å². The summed E-state index contributed by atoms with van der Waals surface area (Å²) >= 11 is 0. The van der Waals surface area contributed by atoms with Gasteiger partial charge >= 0.3 is 21.5 Å². The molecule has 21 nitrogen and oxygen atoms in total. The summed E-state index contributed by atoms with van der Waals surface area (Å²) in [6.45, 7) is -0.922. The Hall–Kier alpha value is -3.34. The van der Waals surface area contributed by atoms with E-state index in [0.29, 0.717) is 0 Å². The third-order valence-electron chi connectivity index (χ3n) is 7.14. The first-order chi connectivity index (χ1) is 21.3. The predicted molar refractivity (Wildman–Crippen MR) is 139 cm³/mol. The number of nitrogen functional groups attached to an aromatic ring is 2. The average Bonchev–Trinajstić information content (AvgIpc) is 3.72. The fraction of sp³-hybridized carbons (Fsp3) is 0.500. The van der Waals surface area contributed by atoms with E-state index in [-0.39, 0.29) is 34.0 Å². The number of nitrogens with two attached hydrogens (primary N) is 2. The number of fused-ring (bicyclic) bond motifs is 4. The van der Waals surface area contributed by atoms with Crippen LogP contribution in [0.25, 0.3) is 22.3 Å². The first-order valence-electron chi connectivity index (χ1n) is 12.8. The van der Waals surface area contributed by atoms with Crippen molar-refractivity contribution in [2.45, 2.75) is 49.3 Å². The first kappa shape index (κ1) is 30.3. The maximum Gasteiger partial charge on any atom is 0.472 e. The molecule has 25 heteroatoms. The van der Waals surface area contributed by atoms with Gasteiger partial charge in [0.2, 0.25) is 0 Å². The fourth-order valence-corrected chi connectivity index (χ4v) is 7.12. The Morgan fingerprint density at radius 2 is 1.62 bits per heavy atom. The molecule has 0 amide bonds. The minimum atomic E-state index is -5.12. The minimum absolute atomic E-state index is 0.0174. The molecule has 0 aliphatic carbocycles. The van der Waals surface area contributed by atoms with Gasteiger partial charge in [-0.15, -0.1) is 0 Å². The Labute approximate surface area is 248 Å². The van der Waals surface area contributed by atoms with E-state index in [0.717, 1.165) is 17.2 Å². The van der Waals surface area contributed by atoms with Crippen LogP contribution in [0.4, 0.5) is 20.4 Å². The van der Waals surface area contributed by atoms with Crippen molar-refractivity contribution >= 4 is 49.4 Å². The standard InChI is InChI=1S/C20H22F2N10O11P2/c21-7-11-6(40-17(7)32-4-28-9-14(24)29-20(22)30-16(9)32)1-39-45(36,37)43-12-10(33)18(41-19(12)38-5-44(34,35)42-11)31-3-27-8-13(23)25-2-26-15(8)31/h2-4,6-7,10-12,17-19,33H,1,5H2,(H,34,35)(H,36,37)(H2,23,25,26)(H2,24,29,30)/t6-,7?,10?,11?,12?,17-,18-,19+/m1/s1. The average molecular weight is 678 g/mol. The van der Waals surface area contributed by atoms with Gasteiger partial charge in [0, 0.05) is 0 Å². The molecule has 242 valence electrons. The maximum atomic E-state index is 15.9. The van der Waals surface area contributed by atoms with Gasteiger partial charge in [-0.1, -0.05) is 0 Å². The van der Waals surface area contributed by atoms with Crippen LogP contribution in [0.15, 0.2) is 19.0 Å². The second-order valence-electron chi connectivity index (χ2n) is 10.0. The van der Waals surface area contributed by atoms with Crippen molar-refractivity contribution < 1.29 is 60.6 Å². The van der Waals surface area contributed by atoms with Crippen molar-refractivity contribution in [2.75, 3.05) is 24.4 Å². The molecule has 6 unspecified atom stereocenters. The van der Waals surface area contributed by atoms with E-state index in [1.165, 1.54) is 10.9 Å². The highest BCUT2D eigenvalue weighted by molar-refractivity contribution is 7.52. The molecular formula is C20H22F2N10O11P2. The zero-order valence-electron chi connectivity index (χ0n) is 22.3. The number of hydrogen-bond donors (Lipinski definition) is 5. The molecule has 3 saturated heterocycles. The molecule has 0 bridgehead atoms. The summed E-state index contributed by atoms with van der Waals surface area (Å²) < 4.78 is 90.1. The number of nitrogens with zero attached hydrogens (tertiary/aromatic N) is 8. The molecule has 10 atom stereocenters. The van der Waals surface area contributed by atoms with Crippen molar-refractivity contribution in [3.63, 3.8) is 0 Å². The maximum absolute atomic E-state index is 15.9. The van der Waals surface area contributed by atoms with Crippen LogP contribution in [0.1, 0.15) is 12.5 Å². The van der Waals surface area contributed by atoms with Crippen molar-refractivity contribution in [1.82, 2.24) is 39.0 Å². The number of aliphatic hydroxyl groups is 1. The number of imidazole rings is 2. The van der Waals surface area contributed by atoms with Crippen LogP contribution in [0.3, 0.4) is 0 Å². The van der Waals surface area contributed by atoms with E-state index in [2.05, 4.69) is 29.9 Å². The van der Waals surface area contributed by atoms with Crippen LogP contribution < -0.4 is 11.5 Å². The van der Waals surface area contributed by atoms with Crippen LogP contribution in [-0.4, -0.2) is 104 Å². The van der Waals surface area contributed by atoms with E-state index < -0.39 is 83.8 Å². The van der Waals surface area contributed by atoms with Crippen molar-refractivity contribution in [3.8, 4) is 0 Å². The third kappa shape index (κ3) is 5.34. The number of aromatic nitrogens is 8. The normalized spacial score (nSPS) is 37.7. The summed E-state index contributed by atoms with van der Waals surface area (Å²) in [6.07, 6.45) is -13.3. The summed E-state index contributed by atoms with van der Waals surface area (Å²) in [5.41, 5.74) is 11.4. The van der Waals surface area contributed by atoms with Crippen LogP contribution >= 0.6 is 15.4 Å². The largest absolute Gasteiger partial charge is 0.472 e. The molecule has 0 aromatic carbocycles. The molecule has 4 aromatic rings. The molecule has 45 heavy (non-hydrogen) atoms. The van der Waals surface area contributed by atoms with Gasteiger partial charge in [0.25, 0.3) is 0 Å². The zero-order valence-corrected chi connectivity index (χ0v) is 24.0. The molecule has 7 N–H and O–H groups in total. The van der Waals surface area contributed by atoms with E-state index in [1.807, 2.05) is 0 Å². The Morgan fingerprint density at radius 3 is 2.38 bits per heavy atom. The van der Waals surface area contributed by atoms with E-state index in [1.54, 1.807) is 0 Å². The van der Waals surface area contributed by atoms with Crippen LogP contribution in [0.5, 0.6) is 0 Å². The lowest BCUT2D eigenvalue weighted by Crippen LogP contribution is -2.38. The lowest BCUT2D eigenvalue weighted by atomic mass is 10.1. The fourth-order valence-electron chi connectivity index (χ4n) is 5.17. The van der Waals surface area contributed by atoms with Crippen LogP contribution in [-0.2, 0) is 36.9 Å². The van der Waals surface area contributed by atoms with E-state index in [4.69, 9.17) is 39.2 Å². The highest BCUT2D eigenvalue weighted by Gasteiger charge is 2.54. The quantitative estimate of drug-likeness (QED) is 0.132. The number of phosphoric acid groups is 1. The Balaban J connectivity index is 1.17. The van der Waals surface area contributed by atoms with Gasteiger partial charge in [-0.2, -0.15) is 14.4 Å². The van der Waals surface area contributed by atoms with Crippen molar-refractivity contribution in [1.29, 1.82) is 0 Å². The molecule has 4 aromatic heterocycles. The molecule has 3 fully saturated rings. The number of alkyl halides is 1. The minimum Gasteiger partial charge on any atom is -0.385 e.